The Balaban J connectivity index is 1.76. The van der Waals surface area contributed by atoms with Crippen LogP contribution in [-0.2, 0) is 22.5 Å². The highest BCUT2D eigenvalue weighted by Gasteiger charge is 2.33. The summed E-state index contributed by atoms with van der Waals surface area (Å²) in [7, 11) is 1.66. The fourth-order valence-corrected chi connectivity index (χ4v) is 6.78. The molecule has 0 spiro atoms. The lowest BCUT2D eigenvalue weighted by molar-refractivity contribution is 0.0753. The van der Waals surface area contributed by atoms with Crippen LogP contribution < -0.4 is 10.5 Å². The van der Waals surface area contributed by atoms with Crippen LogP contribution in [0, 0.1) is 6.92 Å². The molecule has 11 heteroatoms. The summed E-state index contributed by atoms with van der Waals surface area (Å²) >= 11 is 0.677. The Hall–Kier alpha value is -2.86. The van der Waals surface area contributed by atoms with Gasteiger partial charge in [0.2, 0.25) is 0 Å². The summed E-state index contributed by atoms with van der Waals surface area (Å²) in [5.41, 5.74) is 9.97. The normalized spacial score (nSPS) is 14.8. The Bertz CT molecular complexity index is 1410. The predicted molar refractivity (Wildman–Crippen MR) is 139 cm³/mol. The minimum atomic E-state index is -0.895. The minimum Gasteiger partial charge on any atom is -0.616 e. The maximum Gasteiger partial charge on any atom is 0.273 e. The van der Waals surface area contributed by atoms with Gasteiger partial charge in [-0.25, -0.2) is 9.50 Å². The Morgan fingerprint density at radius 3 is 2.77 bits per heavy atom. The number of carbonyl (C=O) groups excluding carboxylic acids is 1. The first-order chi connectivity index (χ1) is 16.9. The van der Waals surface area contributed by atoms with Crippen molar-refractivity contribution in [2.24, 2.45) is 0 Å². The molecule has 2 N–H and O–H groups in total. The molecule has 35 heavy (non-hydrogen) atoms. The van der Waals surface area contributed by atoms with Crippen molar-refractivity contribution in [3.05, 3.63) is 41.3 Å². The Morgan fingerprint density at radius 2 is 2.06 bits per heavy atom. The maximum absolute atomic E-state index is 13.8. The quantitative estimate of drug-likeness (QED) is 0.393. The zero-order valence-electron chi connectivity index (χ0n) is 19.9. The monoisotopic (exact) mass is 513 g/mol. The van der Waals surface area contributed by atoms with Crippen LogP contribution in [0.2, 0.25) is 0 Å². The van der Waals surface area contributed by atoms with E-state index < -0.39 is 11.2 Å². The topological polar surface area (TPSA) is 118 Å². The number of methoxy groups -OCH3 is 1. The third kappa shape index (κ3) is 4.22. The molecule has 5 rings (SSSR count). The number of benzene rings is 1. The number of hydrogen-bond donors (Lipinski definition) is 1. The molecule has 1 amide bonds. The average Bonchev–Trinajstić information content (AvgIpc) is 3.41. The number of nitrogen functional groups attached to an aromatic ring is 1. The van der Waals surface area contributed by atoms with Crippen molar-refractivity contribution in [1.82, 2.24) is 19.5 Å². The summed E-state index contributed by atoms with van der Waals surface area (Å²) in [4.78, 5) is 20.7. The first kappa shape index (κ1) is 23.9. The van der Waals surface area contributed by atoms with Gasteiger partial charge in [-0.1, -0.05) is 17.2 Å². The van der Waals surface area contributed by atoms with Gasteiger partial charge in [-0.15, -0.1) is 11.3 Å². The third-order valence-electron chi connectivity index (χ3n) is 6.17. The van der Waals surface area contributed by atoms with E-state index in [9.17, 15) is 9.35 Å². The van der Waals surface area contributed by atoms with Gasteiger partial charge in [0.15, 0.2) is 5.82 Å². The van der Waals surface area contributed by atoms with Crippen LogP contribution in [0.15, 0.2) is 24.5 Å². The number of anilines is 1. The van der Waals surface area contributed by atoms with E-state index in [2.05, 4.69) is 22.2 Å². The van der Waals surface area contributed by atoms with E-state index in [1.165, 1.54) is 6.33 Å². The average molecular weight is 514 g/mol. The second-order valence-corrected chi connectivity index (χ2v) is 11.1. The van der Waals surface area contributed by atoms with Gasteiger partial charge in [0.1, 0.15) is 34.8 Å². The summed E-state index contributed by atoms with van der Waals surface area (Å²) in [5.74, 6) is 1.84. The summed E-state index contributed by atoms with van der Waals surface area (Å²) < 4.78 is 26.0. The summed E-state index contributed by atoms with van der Waals surface area (Å²) in [5, 5.41) is 5.48. The summed E-state index contributed by atoms with van der Waals surface area (Å²) in [6.07, 6.45) is 1.36. The summed E-state index contributed by atoms with van der Waals surface area (Å²) in [6, 6.07) is 6.21. The van der Waals surface area contributed by atoms with Gasteiger partial charge in [0.25, 0.3) is 5.91 Å². The molecule has 4 heterocycles. The standard InChI is InChI=1S/C24H27N5O4S2/c1-4-33-12-16-19(18-11-15-9-14(2)10-17(32-3)22(15)34-18)21-23(25)26-13-27-29(21)20(16)24(30)28-5-7-35(31)8-6-28/h9-11,13H,4-8,12H2,1-3H3,(H2,25,26,27). The van der Waals surface area contributed by atoms with Crippen LogP contribution in [0.3, 0.4) is 0 Å². The number of rotatable bonds is 6. The van der Waals surface area contributed by atoms with E-state index in [0.29, 0.717) is 42.4 Å². The lowest BCUT2D eigenvalue weighted by Crippen LogP contribution is -2.44. The third-order valence-corrected chi connectivity index (χ3v) is 8.62. The number of carbonyl (C=O) groups is 1. The number of ether oxygens (including phenoxy) is 2. The molecule has 0 radical (unpaired) electrons. The first-order valence-corrected chi connectivity index (χ1v) is 13.7. The van der Waals surface area contributed by atoms with Gasteiger partial charge in [0, 0.05) is 22.6 Å². The van der Waals surface area contributed by atoms with Crippen molar-refractivity contribution < 1.29 is 18.8 Å². The fraction of sp³-hybridized carbons (Fsp3) is 0.375. The highest BCUT2D eigenvalue weighted by molar-refractivity contribution is 7.91. The fourth-order valence-electron chi connectivity index (χ4n) is 4.52. The van der Waals surface area contributed by atoms with Crippen molar-refractivity contribution >= 4 is 49.8 Å². The van der Waals surface area contributed by atoms with Crippen molar-refractivity contribution in [2.75, 3.05) is 44.0 Å². The second kappa shape index (κ2) is 9.65. The molecule has 0 bridgehead atoms. The van der Waals surface area contributed by atoms with E-state index in [4.69, 9.17) is 15.2 Å². The lowest BCUT2D eigenvalue weighted by Gasteiger charge is -2.28. The van der Waals surface area contributed by atoms with Crippen molar-refractivity contribution in [2.45, 2.75) is 20.5 Å². The molecule has 9 nitrogen and oxygen atoms in total. The van der Waals surface area contributed by atoms with E-state index in [1.807, 2.05) is 19.9 Å². The molecule has 0 atom stereocenters. The smallest absolute Gasteiger partial charge is 0.273 e. The molecule has 0 saturated carbocycles. The molecule has 3 aromatic heterocycles. The predicted octanol–water partition coefficient (Wildman–Crippen LogP) is 3.25. The van der Waals surface area contributed by atoms with Gasteiger partial charge in [-0.3, -0.25) is 4.79 Å². The van der Waals surface area contributed by atoms with Gasteiger partial charge < -0.3 is 24.7 Å². The van der Waals surface area contributed by atoms with Crippen LogP contribution in [0.4, 0.5) is 5.82 Å². The van der Waals surface area contributed by atoms with Gasteiger partial charge in [-0.05, 0) is 36.9 Å². The van der Waals surface area contributed by atoms with Crippen LogP contribution in [0.1, 0.15) is 28.5 Å². The first-order valence-electron chi connectivity index (χ1n) is 11.4. The molecule has 1 aromatic carbocycles. The number of amides is 1. The number of aromatic nitrogens is 3. The number of aryl methyl sites for hydroxylation is 1. The van der Waals surface area contributed by atoms with Crippen molar-refractivity contribution in [1.29, 1.82) is 0 Å². The van der Waals surface area contributed by atoms with Crippen LogP contribution in [0.5, 0.6) is 5.75 Å². The molecule has 1 aliphatic heterocycles. The Kier molecular flexibility index (Phi) is 6.58. The molecule has 1 saturated heterocycles. The molecule has 1 fully saturated rings. The van der Waals surface area contributed by atoms with E-state index in [-0.39, 0.29) is 18.3 Å². The SMILES string of the molecule is CCOCc1c(-c2cc3cc(C)cc(OC)c3s2)c2c(N)ncnn2c1C(=O)N1CC[S+]([O-])CC1. The van der Waals surface area contributed by atoms with E-state index >= 15 is 0 Å². The molecule has 4 aromatic rings. The highest BCUT2D eigenvalue weighted by atomic mass is 32.2. The molecule has 1 aliphatic rings. The van der Waals surface area contributed by atoms with E-state index in [0.717, 1.165) is 37.4 Å². The maximum atomic E-state index is 13.8. The van der Waals surface area contributed by atoms with E-state index in [1.54, 1.807) is 27.9 Å². The molecular weight excluding hydrogens is 486 g/mol. The lowest BCUT2D eigenvalue weighted by atomic mass is 10.1. The van der Waals surface area contributed by atoms with Crippen molar-refractivity contribution in [3.63, 3.8) is 0 Å². The number of fused-ring (bicyclic) bond motifs is 2. The van der Waals surface area contributed by atoms with Crippen LogP contribution in [0.25, 0.3) is 26.0 Å². The number of hydrogen-bond acceptors (Lipinski definition) is 8. The largest absolute Gasteiger partial charge is 0.616 e. The zero-order valence-corrected chi connectivity index (χ0v) is 21.5. The number of thiophene rings is 1. The zero-order chi connectivity index (χ0) is 24.7. The van der Waals surface area contributed by atoms with Crippen LogP contribution in [-0.4, -0.2) is 68.3 Å². The van der Waals surface area contributed by atoms with Crippen LogP contribution >= 0.6 is 11.3 Å². The highest BCUT2D eigenvalue weighted by Crippen LogP contribution is 2.44. The molecular formula is C24H27N5O4S2. The Morgan fingerprint density at radius 1 is 1.29 bits per heavy atom. The molecule has 184 valence electrons. The van der Waals surface area contributed by atoms with Gasteiger partial charge in [-0.2, -0.15) is 5.10 Å². The number of nitrogens with two attached hydrogens (primary N) is 1. The minimum absolute atomic E-state index is 0.176. The summed E-state index contributed by atoms with van der Waals surface area (Å²) in [6.45, 7) is 5.52. The second-order valence-electron chi connectivity index (χ2n) is 8.38. The number of nitrogens with zero attached hydrogens (tertiary/aromatic N) is 4. The Labute approximate surface area is 210 Å². The van der Waals surface area contributed by atoms with Gasteiger partial charge in [0.05, 0.1) is 31.5 Å². The molecule has 0 aliphatic carbocycles. The van der Waals surface area contributed by atoms with Crippen molar-refractivity contribution in [3.8, 4) is 16.2 Å². The molecule has 0 unspecified atom stereocenters. The van der Waals surface area contributed by atoms with Gasteiger partial charge >= 0.3 is 0 Å².